The van der Waals surface area contributed by atoms with Gasteiger partial charge in [0.05, 0.1) is 17.2 Å². The largest absolute Gasteiger partial charge is 0.490 e. The van der Waals surface area contributed by atoms with Gasteiger partial charge in [-0.25, -0.2) is 9.59 Å². The number of benzene rings is 4. The lowest BCUT2D eigenvalue weighted by molar-refractivity contribution is -0.130. The minimum absolute atomic E-state index is 0.0104. The quantitative estimate of drug-likeness (QED) is 0.0149. The summed E-state index contributed by atoms with van der Waals surface area (Å²) in [6.07, 6.45) is 67.1. The Morgan fingerprint density at radius 2 is 0.547 bits per heavy atom. The van der Waals surface area contributed by atoms with Gasteiger partial charge in [-0.3, -0.25) is 0 Å². The van der Waals surface area contributed by atoms with Crippen molar-refractivity contribution >= 4 is 57.4 Å². The van der Waals surface area contributed by atoms with E-state index in [-0.39, 0.29) is 35.7 Å². The van der Waals surface area contributed by atoms with Gasteiger partial charge in [-0.15, -0.1) is 0 Å². The van der Waals surface area contributed by atoms with E-state index in [1.165, 1.54) is 250 Å². The number of rotatable bonds is 28. The molecule has 16 aliphatic carbocycles. The zero-order valence-electron chi connectivity index (χ0n) is 97.0. The van der Waals surface area contributed by atoms with E-state index >= 15 is 0 Å². The standard InChI is InChI=1S/C34H54N2O2.C34H52N2O2.C33H54N2O.C33H52N2O/c2*1-21(2)7-6-8-22(3)29-11-12-30-28-10-9-24-19-27(38-32(37)23-17-25(35)20-26(36)18-23)13-15-33(24,4)31(28)14-16-34(29,30)5;2*1-21(2)7-6-8-22(3)29-11-12-30-28-10-9-23-17-26(36-27-19-24(34)18-25(35)20-27)13-15-32(23,4)31(28)14-16-33(29,30)5/h17-18,20-22,24,27-31H,6-16,19,35-36H2,1-5H3;9,17-18,20-22,27-31H,6-8,10-16,19,35-36H2,1-5H3;18-23,26,28-31H,6-17,34-35H2,1-5H3;9,18-22,26,28-31H,6-8,10-17,34-35H2,1-5H3. The summed E-state index contributed by atoms with van der Waals surface area (Å²) in [6, 6.07) is 21.3. The molecule has 148 heavy (non-hydrogen) atoms. The summed E-state index contributed by atoms with van der Waals surface area (Å²) in [7, 11) is 0. The Kier molecular flexibility index (Phi) is 34.9. The number of carbonyl (C=O) groups is 2. The van der Waals surface area contributed by atoms with Crippen LogP contribution in [-0.2, 0) is 9.47 Å². The Hall–Kier alpha value is -6.70. The number of esters is 2. The first-order chi connectivity index (χ1) is 70.2. The van der Waals surface area contributed by atoms with E-state index in [1.807, 2.05) is 30.3 Å². The molecule has 0 heterocycles. The fraction of sp³-hybridized carbons (Fsp3) is 0.776. The molecule has 16 aliphatic rings. The second-order valence-electron chi connectivity index (χ2n) is 58.0. The van der Waals surface area contributed by atoms with Crippen LogP contribution in [0.1, 0.15) is 455 Å². The van der Waals surface area contributed by atoms with E-state index in [1.54, 1.807) is 53.6 Å². The molecule has 14 fully saturated rings. The summed E-state index contributed by atoms with van der Waals surface area (Å²) in [5, 5.41) is 0. The fourth-order valence-electron chi connectivity index (χ4n) is 40.0. The highest BCUT2D eigenvalue weighted by atomic mass is 16.5. The monoisotopic (exact) mass is 2030 g/mol. The van der Waals surface area contributed by atoms with Gasteiger partial charge in [-0.1, -0.05) is 239 Å². The second-order valence-corrected chi connectivity index (χ2v) is 58.0. The molecule has 0 amide bonds. The van der Waals surface area contributed by atoms with Crippen molar-refractivity contribution in [1.82, 2.24) is 0 Å². The molecule has 14 nitrogen and oxygen atoms in total. The summed E-state index contributed by atoms with van der Waals surface area (Å²) < 4.78 is 24.9. The normalized spacial score (nSPS) is 38.9. The molecule has 14 heteroatoms. The Morgan fingerprint density at radius 3 is 0.892 bits per heavy atom. The van der Waals surface area contributed by atoms with Crippen molar-refractivity contribution in [3.05, 3.63) is 107 Å². The van der Waals surface area contributed by atoms with Crippen LogP contribution in [0.4, 0.5) is 45.5 Å². The van der Waals surface area contributed by atoms with Crippen LogP contribution in [-0.4, -0.2) is 36.4 Å². The SMILES string of the molecule is CC(C)CCCC(C)C1CCC2C3CC=C4CC(OC(=O)c5cc(N)cc(N)c5)CCC4(C)C3CCC12C.CC(C)CCCC(C)C1CCC2C3CC=C4CC(Oc5cc(N)cc(N)c5)CCC4(C)C3CCC12C.CC(C)CCCC(C)C1CCC2C3CCC4CC(OC(=O)c5cc(N)cc(N)c5)CCC4(C)C3CCC12C.CC(C)CCCC(C)C1CCC2C3CCC4CC(Oc5cc(N)cc(N)c5)CCC4(C)C3CCC12C. The third-order valence-electron chi connectivity index (χ3n) is 47.6. The van der Waals surface area contributed by atoms with Gasteiger partial charge in [-0.05, 0) is 451 Å². The molecule has 0 radical (unpaired) electrons. The first-order valence-electron chi connectivity index (χ1n) is 62.0. The third kappa shape index (κ3) is 23.4. The Morgan fingerprint density at radius 1 is 0.277 bits per heavy atom. The predicted molar refractivity (Wildman–Crippen MR) is 621 cm³/mol. The minimum atomic E-state index is -0.306. The molecule has 0 saturated heterocycles. The number of nitrogens with two attached hydrogens (primary N) is 8. The second kappa shape index (κ2) is 46.0. The highest BCUT2D eigenvalue weighted by Gasteiger charge is 2.66. The van der Waals surface area contributed by atoms with Crippen LogP contribution in [0.5, 0.6) is 11.5 Å². The van der Waals surface area contributed by atoms with E-state index in [0.717, 1.165) is 204 Å². The van der Waals surface area contributed by atoms with E-state index in [4.69, 9.17) is 64.8 Å². The van der Waals surface area contributed by atoms with Crippen molar-refractivity contribution in [3.63, 3.8) is 0 Å². The summed E-state index contributed by atoms with van der Waals surface area (Å²) in [5.41, 5.74) is 60.4. The van der Waals surface area contributed by atoms with Crippen LogP contribution in [0, 0.1) is 197 Å². The average Bonchev–Trinajstić information content (AvgIpc) is 1.49. The van der Waals surface area contributed by atoms with Crippen molar-refractivity contribution in [1.29, 1.82) is 0 Å². The Balaban J connectivity index is 0.000000135. The number of anilines is 8. The van der Waals surface area contributed by atoms with Crippen molar-refractivity contribution in [2.24, 2.45) is 197 Å². The average molecular weight is 2030 g/mol. The molecular formula is C134H212N8O6. The summed E-state index contributed by atoms with van der Waals surface area (Å²) in [5.74, 6) is 23.8. The fourth-order valence-corrected chi connectivity index (χ4v) is 40.0. The van der Waals surface area contributed by atoms with Gasteiger partial charge in [0.1, 0.15) is 29.8 Å². The molecule has 4 aromatic carbocycles. The zero-order chi connectivity index (χ0) is 106. The molecule has 20 rings (SSSR count). The number of hydrogen-bond acceptors (Lipinski definition) is 14. The first-order valence-corrected chi connectivity index (χ1v) is 62.0. The molecular weight excluding hydrogens is 1820 g/mol. The lowest BCUT2D eigenvalue weighted by atomic mass is 9.44. The number of allylic oxidation sites excluding steroid dienone is 2. The summed E-state index contributed by atoms with van der Waals surface area (Å²) in [4.78, 5) is 25.8. The van der Waals surface area contributed by atoms with E-state index in [9.17, 15) is 9.59 Å². The molecule has 14 saturated carbocycles. The number of carbonyl (C=O) groups excluding carboxylic acids is 2. The number of nitrogen functional groups attached to an aromatic ring is 8. The van der Waals surface area contributed by atoms with Crippen LogP contribution in [0.25, 0.3) is 0 Å². The van der Waals surface area contributed by atoms with Crippen molar-refractivity contribution < 1.29 is 28.5 Å². The van der Waals surface area contributed by atoms with E-state index in [0.29, 0.717) is 107 Å². The van der Waals surface area contributed by atoms with E-state index in [2.05, 4.69) is 151 Å². The van der Waals surface area contributed by atoms with Gasteiger partial charge in [0.15, 0.2) is 0 Å². The van der Waals surface area contributed by atoms with Crippen molar-refractivity contribution in [3.8, 4) is 11.5 Å². The van der Waals surface area contributed by atoms with Crippen molar-refractivity contribution in [2.45, 2.75) is 458 Å². The molecule has 34 atom stereocenters. The number of hydrogen-bond donors (Lipinski definition) is 8. The first kappa shape index (κ1) is 112. The van der Waals surface area contributed by atoms with Gasteiger partial charge < -0.3 is 64.8 Å². The summed E-state index contributed by atoms with van der Waals surface area (Å²) in [6.45, 7) is 50.5. The van der Waals surface area contributed by atoms with Crippen LogP contribution >= 0.6 is 0 Å². The Bertz CT molecular complexity index is 5130. The maximum Gasteiger partial charge on any atom is 0.338 e. The van der Waals surface area contributed by atoms with Crippen LogP contribution in [0.15, 0.2) is 96.1 Å². The van der Waals surface area contributed by atoms with E-state index < -0.39 is 0 Å². The Labute approximate surface area is 900 Å². The maximum absolute atomic E-state index is 12.9. The lowest BCUT2D eigenvalue weighted by Crippen LogP contribution is -2.54. The van der Waals surface area contributed by atoms with Gasteiger partial charge in [-0.2, -0.15) is 0 Å². The molecule has 4 aromatic rings. The number of fused-ring (bicyclic) bond motifs is 20. The molecule has 0 spiro atoms. The van der Waals surface area contributed by atoms with Crippen LogP contribution < -0.4 is 55.3 Å². The smallest absolute Gasteiger partial charge is 0.338 e. The van der Waals surface area contributed by atoms with Gasteiger partial charge in [0, 0.05) is 82.6 Å². The highest BCUT2D eigenvalue weighted by molar-refractivity contribution is 5.92. The zero-order valence-corrected chi connectivity index (χ0v) is 97.0. The molecule has 0 aliphatic heterocycles. The topological polar surface area (TPSA) is 279 Å². The molecule has 16 N–H and O–H groups in total. The maximum atomic E-state index is 12.9. The minimum Gasteiger partial charge on any atom is -0.490 e. The summed E-state index contributed by atoms with van der Waals surface area (Å²) >= 11 is 0. The van der Waals surface area contributed by atoms with Gasteiger partial charge in [0.2, 0.25) is 0 Å². The van der Waals surface area contributed by atoms with Gasteiger partial charge >= 0.3 is 11.9 Å². The highest BCUT2D eigenvalue weighted by Crippen LogP contribution is 2.74. The molecule has 34 unspecified atom stereocenters. The number of ether oxygens (including phenoxy) is 4. The molecule has 0 bridgehead atoms. The van der Waals surface area contributed by atoms with Crippen molar-refractivity contribution in [2.75, 3.05) is 45.9 Å². The van der Waals surface area contributed by atoms with Crippen LogP contribution in [0.2, 0.25) is 0 Å². The predicted octanol–water partition coefficient (Wildman–Crippen LogP) is 34.3. The van der Waals surface area contributed by atoms with Crippen LogP contribution in [0.3, 0.4) is 0 Å². The molecule has 0 aromatic heterocycles. The van der Waals surface area contributed by atoms with Gasteiger partial charge in [0.25, 0.3) is 0 Å². The third-order valence-corrected chi connectivity index (χ3v) is 47.6. The molecule has 824 valence electrons. The lowest BCUT2D eigenvalue weighted by Gasteiger charge is -2.61.